The van der Waals surface area contributed by atoms with E-state index in [2.05, 4.69) is 10.6 Å². The fraction of sp³-hybridized carbons (Fsp3) is 0.348. The summed E-state index contributed by atoms with van der Waals surface area (Å²) < 4.78 is 0. The highest BCUT2D eigenvalue weighted by Gasteiger charge is 2.55. The van der Waals surface area contributed by atoms with Crippen molar-refractivity contribution in [3.63, 3.8) is 0 Å². The molecule has 4 rings (SSSR count). The lowest BCUT2D eigenvalue weighted by Crippen LogP contribution is -2.44. The average molecular weight is 391 g/mol. The number of nitrogens with zero attached hydrogens (tertiary/aromatic N) is 1. The number of benzene rings is 2. The molecule has 0 radical (unpaired) electrons. The van der Waals surface area contributed by atoms with E-state index in [1.54, 1.807) is 0 Å². The molecule has 0 aromatic heterocycles. The largest absolute Gasteiger partial charge is 0.347 e. The molecule has 2 unspecified atom stereocenters. The molecule has 6 nitrogen and oxygen atoms in total. The zero-order valence-corrected chi connectivity index (χ0v) is 16.6. The minimum absolute atomic E-state index is 0.164. The van der Waals surface area contributed by atoms with Crippen molar-refractivity contribution in [3.05, 3.63) is 71.3 Å². The molecule has 1 fully saturated rings. The summed E-state index contributed by atoms with van der Waals surface area (Å²) in [5.41, 5.74) is 1.86. The van der Waals surface area contributed by atoms with Crippen molar-refractivity contribution in [1.82, 2.24) is 15.5 Å². The van der Waals surface area contributed by atoms with Crippen molar-refractivity contribution in [2.24, 2.45) is 5.92 Å². The van der Waals surface area contributed by atoms with Gasteiger partial charge in [-0.2, -0.15) is 0 Å². The van der Waals surface area contributed by atoms with Gasteiger partial charge in [-0.25, -0.2) is 4.79 Å². The SMILES string of the molecule is CC(C)C(NC(=O)CN1C(=O)NC2(CCc3ccccc32)C1=O)c1ccccc1. The molecule has 1 spiro atoms. The fourth-order valence-electron chi connectivity index (χ4n) is 4.39. The molecule has 2 N–H and O–H groups in total. The normalized spacial score (nSPS) is 21.4. The van der Waals surface area contributed by atoms with E-state index in [0.29, 0.717) is 6.42 Å². The van der Waals surface area contributed by atoms with Gasteiger partial charge >= 0.3 is 6.03 Å². The average Bonchev–Trinajstić information content (AvgIpc) is 3.20. The Morgan fingerprint density at radius 1 is 1.10 bits per heavy atom. The molecule has 2 aliphatic rings. The monoisotopic (exact) mass is 391 g/mol. The second-order valence-corrected chi connectivity index (χ2v) is 8.08. The van der Waals surface area contributed by atoms with Crippen LogP contribution in [0.2, 0.25) is 0 Å². The predicted molar refractivity (Wildman–Crippen MR) is 109 cm³/mol. The maximum absolute atomic E-state index is 13.2. The third-order valence-corrected chi connectivity index (χ3v) is 5.87. The van der Waals surface area contributed by atoms with Gasteiger partial charge in [0, 0.05) is 0 Å². The van der Waals surface area contributed by atoms with Gasteiger partial charge in [0.05, 0.1) is 6.04 Å². The van der Waals surface area contributed by atoms with Gasteiger partial charge in [-0.05, 0) is 35.4 Å². The zero-order chi connectivity index (χ0) is 20.6. The van der Waals surface area contributed by atoms with E-state index in [1.165, 1.54) is 0 Å². The lowest BCUT2D eigenvalue weighted by Gasteiger charge is -2.25. The minimum Gasteiger partial charge on any atom is -0.347 e. The van der Waals surface area contributed by atoms with E-state index in [4.69, 9.17) is 0 Å². The highest BCUT2D eigenvalue weighted by Crippen LogP contribution is 2.41. The van der Waals surface area contributed by atoms with E-state index < -0.39 is 11.6 Å². The van der Waals surface area contributed by atoms with Crippen molar-refractivity contribution in [3.8, 4) is 0 Å². The van der Waals surface area contributed by atoms with Gasteiger partial charge in [-0.15, -0.1) is 0 Å². The zero-order valence-electron chi connectivity index (χ0n) is 16.6. The van der Waals surface area contributed by atoms with Crippen molar-refractivity contribution in [1.29, 1.82) is 0 Å². The van der Waals surface area contributed by atoms with Crippen molar-refractivity contribution < 1.29 is 14.4 Å². The first-order valence-corrected chi connectivity index (χ1v) is 9.99. The summed E-state index contributed by atoms with van der Waals surface area (Å²) in [7, 11) is 0. The van der Waals surface area contributed by atoms with Crippen molar-refractivity contribution in [2.45, 2.75) is 38.3 Å². The van der Waals surface area contributed by atoms with Gasteiger partial charge in [0.25, 0.3) is 5.91 Å². The third kappa shape index (κ3) is 3.28. The second-order valence-electron chi connectivity index (χ2n) is 8.08. The molecule has 29 heavy (non-hydrogen) atoms. The summed E-state index contributed by atoms with van der Waals surface area (Å²) in [5.74, 6) is -0.527. The Labute approximate surface area is 170 Å². The van der Waals surface area contributed by atoms with E-state index in [1.807, 2.05) is 68.4 Å². The van der Waals surface area contributed by atoms with Gasteiger partial charge in [-0.1, -0.05) is 68.4 Å². The van der Waals surface area contributed by atoms with Crippen LogP contribution in [0.3, 0.4) is 0 Å². The van der Waals surface area contributed by atoms with Crippen LogP contribution in [0.1, 0.15) is 43.0 Å². The lowest BCUT2D eigenvalue weighted by molar-refractivity contribution is -0.135. The van der Waals surface area contributed by atoms with Crippen molar-refractivity contribution >= 4 is 17.8 Å². The number of amides is 4. The van der Waals surface area contributed by atoms with Crippen LogP contribution in [0, 0.1) is 5.92 Å². The quantitative estimate of drug-likeness (QED) is 0.770. The fourth-order valence-corrected chi connectivity index (χ4v) is 4.39. The predicted octanol–water partition coefficient (Wildman–Crippen LogP) is 2.89. The van der Waals surface area contributed by atoms with Crippen LogP contribution < -0.4 is 10.6 Å². The molecule has 1 aliphatic carbocycles. The van der Waals surface area contributed by atoms with Gasteiger partial charge in [0.1, 0.15) is 12.1 Å². The van der Waals surface area contributed by atoms with E-state index >= 15 is 0 Å². The van der Waals surface area contributed by atoms with Crippen LogP contribution >= 0.6 is 0 Å². The van der Waals surface area contributed by atoms with Crippen LogP contribution in [0.5, 0.6) is 0 Å². The van der Waals surface area contributed by atoms with Gasteiger partial charge < -0.3 is 10.6 Å². The summed E-state index contributed by atoms with van der Waals surface area (Å²) in [6, 6.07) is 16.7. The summed E-state index contributed by atoms with van der Waals surface area (Å²) in [4.78, 5) is 39.6. The van der Waals surface area contributed by atoms with Gasteiger partial charge in [0.15, 0.2) is 0 Å². The smallest absolute Gasteiger partial charge is 0.325 e. The molecule has 1 saturated heterocycles. The van der Waals surface area contributed by atoms with Crippen LogP contribution in [-0.2, 0) is 21.5 Å². The number of rotatable bonds is 5. The Balaban J connectivity index is 1.51. The molecule has 2 atom stereocenters. The molecule has 0 saturated carbocycles. The molecule has 2 aromatic rings. The Morgan fingerprint density at radius 3 is 2.52 bits per heavy atom. The number of imide groups is 1. The third-order valence-electron chi connectivity index (χ3n) is 5.87. The minimum atomic E-state index is -1.04. The molecular weight excluding hydrogens is 366 g/mol. The number of fused-ring (bicyclic) bond motifs is 2. The topological polar surface area (TPSA) is 78.5 Å². The van der Waals surface area contributed by atoms with E-state index in [9.17, 15) is 14.4 Å². The molecule has 150 valence electrons. The number of carbonyl (C=O) groups is 3. The molecular formula is C23H25N3O3. The number of carbonyl (C=O) groups excluding carboxylic acids is 3. The summed E-state index contributed by atoms with van der Waals surface area (Å²) >= 11 is 0. The first-order valence-electron chi connectivity index (χ1n) is 9.99. The summed E-state index contributed by atoms with van der Waals surface area (Å²) in [6.45, 7) is 3.76. The number of aryl methyl sites for hydroxylation is 1. The van der Waals surface area contributed by atoms with Crippen LogP contribution in [0.15, 0.2) is 54.6 Å². The standard InChI is InChI=1S/C23H25N3O3/c1-15(2)20(17-9-4-3-5-10-17)24-19(27)14-26-21(28)23(25-22(26)29)13-12-16-8-6-7-11-18(16)23/h3-11,15,20H,12-14H2,1-2H3,(H,24,27)(H,25,29). The van der Waals surface area contributed by atoms with E-state index in [0.717, 1.165) is 28.0 Å². The van der Waals surface area contributed by atoms with Gasteiger partial charge in [-0.3, -0.25) is 14.5 Å². The Morgan fingerprint density at radius 2 is 1.79 bits per heavy atom. The number of nitrogens with one attached hydrogen (secondary N) is 2. The Bertz CT molecular complexity index is 957. The first-order chi connectivity index (χ1) is 13.9. The van der Waals surface area contributed by atoms with Crippen LogP contribution in [-0.4, -0.2) is 29.3 Å². The number of hydrogen-bond acceptors (Lipinski definition) is 3. The number of urea groups is 1. The van der Waals surface area contributed by atoms with E-state index in [-0.39, 0.29) is 30.3 Å². The number of hydrogen-bond donors (Lipinski definition) is 2. The Kier molecular flexibility index (Phi) is 4.86. The Hall–Kier alpha value is -3.15. The molecule has 2 aromatic carbocycles. The van der Waals surface area contributed by atoms with Crippen LogP contribution in [0.25, 0.3) is 0 Å². The lowest BCUT2D eigenvalue weighted by atomic mass is 9.92. The van der Waals surface area contributed by atoms with Gasteiger partial charge in [0.2, 0.25) is 5.91 Å². The molecule has 6 heteroatoms. The maximum Gasteiger partial charge on any atom is 0.325 e. The molecule has 1 heterocycles. The summed E-state index contributed by atoms with van der Waals surface area (Å²) in [6.07, 6.45) is 1.25. The second kappa shape index (κ2) is 7.35. The van der Waals surface area contributed by atoms with Crippen LogP contribution in [0.4, 0.5) is 4.79 Å². The highest BCUT2D eigenvalue weighted by atomic mass is 16.2. The first kappa shape index (κ1) is 19.2. The maximum atomic E-state index is 13.2. The molecule has 1 aliphatic heterocycles. The molecule has 4 amide bonds. The van der Waals surface area contributed by atoms with Crippen molar-refractivity contribution in [2.75, 3.05) is 6.54 Å². The highest BCUT2D eigenvalue weighted by molar-refractivity contribution is 6.09. The summed E-state index contributed by atoms with van der Waals surface area (Å²) in [5, 5.41) is 5.84. The molecule has 0 bridgehead atoms.